The first-order valence-electron chi connectivity index (χ1n) is 6.02. The van der Waals surface area contributed by atoms with Gasteiger partial charge in [-0.1, -0.05) is 12.2 Å². The fourth-order valence-electron chi connectivity index (χ4n) is 1.51. The minimum atomic E-state index is -1.25. The van der Waals surface area contributed by atoms with Gasteiger partial charge in [0, 0.05) is 19.4 Å². The Morgan fingerprint density at radius 1 is 1.32 bits per heavy atom. The molecular weight excluding hydrogens is 256 g/mol. The Balaban J connectivity index is 0.000000344. The molecule has 0 aromatic rings. The molecule has 1 rings (SSSR count). The third-order valence-corrected chi connectivity index (χ3v) is 2.67. The lowest BCUT2D eigenvalue weighted by molar-refractivity contribution is -0.327. The average Bonchev–Trinajstić information content (AvgIpc) is 2.33. The first kappa shape index (κ1) is 17.5. The number of rotatable bonds is 4. The Labute approximate surface area is 111 Å². The second-order valence-electron chi connectivity index (χ2n) is 4.03. The highest BCUT2D eigenvalue weighted by molar-refractivity contribution is 5.92. The zero-order chi connectivity index (χ0) is 15.0. The molecule has 1 unspecified atom stereocenters. The van der Waals surface area contributed by atoms with E-state index in [1.54, 1.807) is 4.90 Å². The quantitative estimate of drug-likeness (QED) is 0.624. The van der Waals surface area contributed by atoms with Crippen LogP contribution in [0.1, 0.15) is 33.1 Å². The van der Waals surface area contributed by atoms with E-state index in [1.165, 1.54) is 6.92 Å². The van der Waals surface area contributed by atoms with Gasteiger partial charge in [0.05, 0.1) is 6.54 Å². The van der Waals surface area contributed by atoms with E-state index in [4.69, 9.17) is 15.5 Å². The summed E-state index contributed by atoms with van der Waals surface area (Å²) in [6.45, 7) is 4.41. The number of likely N-dealkylation sites (N-methyl/N-ethyl adjacent to an activating group) is 1. The zero-order valence-corrected chi connectivity index (χ0v) is 11.1. The van der Waals surface area contributed by atoms with Crippen LogP contribution in [0.4, 0.5) is 0 Å². The highest BCUT2D eigenvalue weighted by atomic mass is 16.8. The molecule has 1 aliphatic heterocycles. The second kappa shape index (κ2) is 8.57. The van der Waals surface area contributed by atoms with E-state index in [0.717, 1.165) is 0 Å². The standard InChI is InChI=1S/C7H11NO2.C4H9NO4/c1-2-8-5-6(9)3-4-7(8)10;1-2-3(4(6)7)5(8)9/h2-5H2,1H3;3,8-9H,2H2,1H3,(H,6,7). The van der Waals surface area contributed by atoms with Crippen molar-refractivity contribution in [2.45, 2.75) is 39.2 Å². The third-order valence-electron chi connectivity index (χ3n) is 2.67. The number of carboxylic acids is 1. The molecule has 0 saturated carbocycles. The van der Waals surface area contributed by atoms with Crippen molar-refractivity contribution in [3.8, 4) is 0 Å². The number of carbonyl (C=O) groups is 3. The van der Waals surface area contributed by atoms with Crippen LogP contribution in [0.2, 0.25) is 0 Å². The Morgan fingerprint density at radius 2 is 1.89 bits per heavy atom. The first-order valence-corrected chi connectivity index (χ1v) is 6.02. The van der Waals surface area contributed by atoms with Crippen molar-refractivity contribution in [2.75, 3.05) is 13.1 Å². The molecule has 0 bridgehead atoms. The van der Waals surface area contributed by atoms with Gasteiger partial charge in [-0.2, -0.15) is 0 Å². The van der Waals surface area contributed by atoms with Crippen LogP contribution in [0, 0.1) is 0 Å². The van der Waals surface area contributed by atoms with Crippen LogP contribution in [-0.2, 0) is 14.4 Å². The molecule has 1 aliphatic rings. The summed E-state index contributed by atoms with van der Waals surface area (Å²) in [7, 11) is 0. The predicted molar refractivity (Wildman–Crippen MR) is 63.6 cm³/mol. The van der Waals surface area contributed by atoms with E-state index < -0.39 is 12.0 Å². The number of aliphatic carboxylic acids is 1. The summed E-state index contributed by atoms with van der Waals surface area (Å²) in [4.78, 5) is 33.3. The maximum Gasteiger partial charge on any atom is 0.325 e. The highest BCUT2D eigenvalue weighted by Gasteiger charge is 2.21. The second-order valence-corrected chi connectivity index (χ2v) is 4.03. The fourth-order valence-corrected chi connectivity index (χ4v) is 1.51. The van der Waals surface area contributed by atoms with Crippen LogP contribution < -0.4 is 0 Å². The van der Waals surface area contributed by atoms with Crippen LogP contribution in [0.5, 0.6) is 0 Å². The number of hydrogen-bond acceptors (Lipinski definition) is 6. The van der Waals surface area contributed by atoms with E-state index >= 15 is 0 Å². The van der Waals surface area contributed by atoms with Crippen LogP contribution in [0.25, 0.3) is 0 Å². The van der Waals surface area contributed by atoms with Crippen molar-refractivity contribution in [1.82, 2.24) is 10.1 Å². The molecular formula is C11H20N2O6. The molecule has 110 valence electrons. The van der Waals surface area contributed by atoms with Crippen LogP contribution in [-0.4, -0.2) is 62.4 Å². The molecule has 0 aromatic carbocycles. The summed E-state index contributed by atoms with van der Waals surface area (Å²) in [6, 6.07) is -1.22. The smallest absolute Gasteiger partial charge is 0.325 e. The number of ketones is 1. The van der Waals surface area contributed by atoms with Gasteiger partial charge in [-0.05, 0) is 13.3 Å². The lowest BCUT2D eigenvalue weighted by Crippen LogP contribution is -2.39. The normalized spacial score (nSPS) is 17.0. The van der Waals surface area contributed by atoms with E-state index in [1.807, 2.05) is 6.92 Å². The number of hydroxylamine groups is 2. The lowest BCUT2D eigenvalue weighted by Gasteiger charge is -2.23. The van der Waals surface area contributed by atoms with E-state index in [0.29, 0.717) is 25.9 Å². The first-order chi connectivity index (χ1) is 8.83. The monoisotopic (exact) mass is 276 g/mol. The number of hydrogen-bond donors (Lipinski definition) is 3. The highest BCUT2D eigenvalue weighted by Crippen LogP contribution is 2.06. The predicted octanol–water partition coefficient (Wildman–Crippen LogP) is 0.128. The Kier molecular flexibility index (Phi) is 7.89. The number of likely N-dealkylation sites (tertiary alicyclic amines) is 1. The van der Waals surface area contributed by atoms with Crippen molar-refractivity contribution in [1.29, 1.82) is 0 Å². The minimum absolute atomic E-state index is 0.113. The van der Waals surface area contributed by atoms with Gasteiger partial charge in [-0.3, -0.25) is 24.8 Å². The van der Waals surface area contributed by atoms with Gasteiger partial charge in [0.15, 0.2) is 11.8 Å². The molecule has 1 fully saturated rings. The van der Waals surface area contributed by atoms with Gasteiger partial charge >= 0.3 is 5.97 Å². The van der Waals surface area contributed by atoms with Crippen molar-refractivity contribution >= 4 is 17.7 Å². The van der Waals surface area contributed by atoms with Crippen LogP contribution in [0.15, 0.2) is 0 Å². The molecule has 0 radical (unpaired) electrons. The summed E-state index contributed by atoms with van der Waals surface area (Å²) in [5, 5.41) is 24.3. The summed E-state index contributed by atoms with van der Waals surface area (Å²) < 4.78 is 0. The Hall–Kier alpha value is -1.51. The minimum Gasteiger partial charge on any atom is -0.480 e. The molecule has 8 heteroatoms. The Bertz CT molecular complexity index is 331. The van der Waals surface area contributed by atoms with E-state index in [-0.39, 0.29) is 23.3 Å². The third kappa shape index (κ3) is 6.27. The summed E-state index contributed by atoms with van der Waals surface area (Å²) >= 11 is 0. The molecule has 3 N–H and O–H groups in total. The SMILES string of the molecule is CCC(C(=O)O)N(O)O.CCN1CC(=O)CCC1=O. The molecule has 19 heavy (non-hydrogen) atoms. The molecule has 1 atom stereocenters. The number of Topliss-reactive ketones (excluding diaryl/α,β-unsaturated/α-hetero) is 1. The number of carbonyl (C=O) groups excluding carboxylic acids is 2. The van der Waals surface area contributed by atoms with Gasteiger partial charge < -0.3 is 10.0 Å². The molecule has 0 aromatic heterocycles. The molecule has 1 heterocycles. The topological polar surface area (TPSA) is 118 Å². The maximum absolute atomic E-state index is 10.9. The van der Waals surface area contributed by atoms with Crippen molar-refractivity contribution in [3.63, 3.8) is 0 Å². The number of carboxylic acid groups (broad SMARTS) is 1. The van der Waals surface area contributed by atoms with Crippen molar-refractivity contribution in [2.24, 2.45) is 0 Å². The van der Waals surface area contributed by atoms with Gasteiger partial charge in [0.2, 0.25) is 5.91 Å². The lowest BCUT2D eigenvalue weighted by atomic mass is 10.1. The summed E-state index contributed by atoms with van der Waals surface area (Å²) in [5.74, 6) is -0.953. The number of nitrogens with zero attached hydrogens (tertiary/aromatic N) is 2. The largest absolute Gasteiger partial charge is 0.480 e. The van der Waals surface area contributed by atoms with E-state index in [9.17, 15) is 14.4 Å². The summed E-state index contributed by atoms with van der Waals surface area (Å²) in [6.07, 6.45) is 1.00. The van der Waals surface area contributed by atoms with Gasteiger partial charge in [0.1, 0.15) is 0 Å². The number of piperidine rings is 1. The average molecular weight is 276 g/mol. The fraction of sp³-hybridized carbons (Fsp3) is 0.727. The molecule has 0 spiro atoms. The van der Waals surface area contributed by atoms with E-state index in [2.05, 4.69) is 0 Å². The van der Waals surface area contributed by atoms with Gasteiger partial charge in [-0.25, -0.2) is 0 Å². The molecule has 0 aliphatic carbocycles. The van der Waals surface area contributed by atoms with Crippen LogP contribution in [0.3, 0.4) is 0 Å². The summed E-state index contributed by atoms with van der Waals surface area (Å²) in [5.41, 5.74) is 0. The Morgan fingerprint density at radius 3 is 2.16 bits per heavy atom. The zero-order valence-electron chi connectivity index (χ0n) is 11.1. The van der Waals surface area contributed by atoms with Crippen molar-refractivity contribution < 1.29 is 29.9 Å². The molecule has 1 saturated heterocycles. The maximum atomic E-state index is 10.9. The van der Waals surface area contributed by atoms with Gasteiger partial charge in [-0.15, -0.1) is 0 Å². The molecule has 8 nitrogen and oxygen atoms in total. The van der Waals surface area contributed by atoms with Crippen LogP contribution >= 0.6 is 0 Å². The molecule has 1 amide bonds. The number of amides is 1. The van der Waals surface area contributed by atoms with Crippen molar-refractivity contribution in [3.05, 3.63) is 0 Å². The van der Waals surface area contributed by atoms with Gasteiger partial charge in [0.25, 0.3) is 0 Å².